The summed E-state index contributed by atoms with van der Waals surface area (Å²) in [4.78, 5) is 13.9. The van der Waals surface area contributed by atoms with Crippen LogP contribution in [0.2, 0.25) is 0 Å². The summed E-state index contributed by atoms with van der Waals surface area (Å²) in [6, 6.07) is 3.34. The van der Waals surface area contributed by atoms with Gasteiger partial charge in [0.25, 0.3) is 5.91 Å². The molecule has 110 valence electrons. The Bertz CT molecular complexity index is 497. The van der Waals surface area contributed by atoms with Gasteiger partial charge >= 0.3 is 6.18 Å². The van der Waals surface area contributed by atoms with Crippen LogP contribution in [0.15, 0.2) is 18.2 Å². The van der Waals surface area contributed by atoms with E-state index < -0.39 is 11.7 Å². The number of halogens is 3. The van der Waals surface area contributed by atoms with Crippen molar-refractivity contribution in [3.05, 3.63) is 29.3 Å². The molecule has 1 heterocycles. The number of nitrogens with two attached hydrogens (primary N) is 1. The van der Waals surface area contributed by atoms with Crippen LogP contribution in [0.3, 0.4) is 0 Å². The highest BCUT2D eigenvalue weighted by atomic mass is 32.2. The van der Waals surface area contributed by atoms with E-state index in [4.69, 9.17) is 5.73 Å². The average molecular weight is 304 g/mol. The summed E-state index contributed by atoms with van der Waals surface area (Å²) in [6.07, 6.45) is -3.69. The van der Waals surface area contributed by atoms with E-state index in [0.29, 0.717) is 13.1 Å². The number of rotatable bonds is 1. The largest absolute Gasteiger partial charge is 0.418 e. The van der Waals surface area contributed by atoms with Crippen LogP contribution < -0.4 is 5.73 Å². The number of nitrogen functional groups attached to an aromatic ring is 1. The molecule has 0 aromatic heterocycles. The van der Waals surface area contributed by atoms with Crippen molar-refractivity contribution < 1.29 is 18.0 Å². The highest BCUT2D eigenvalue weighted by Gasteiger charge is 2.34. The molecule has 1 saturated heterocycles. The molecule has 0 atom stereocenters. The summed E-state index contributed by atoms with van der Waals surface area (Å²) in [5.41, 5.74) is 4.06. The SMILES string of the molecule is Nc1ccc(C(=O)N2CCCSCC2)cc1C(F)(F)F. The maximum absolute atomic E-state index is 12.8. The van der Waals surface area contributed by atoms with Crippen LogP contribution in [0.25, 0.3) is 0 Å². The number of carbonyl (C=O) groups excluding carboxylic acids is 1. The molecule has 1 amide bonds. The molecule has 1 aromatic rings. The van der Waals surface area contributed by atoms with Crippen molar-refractivity contribution in [1.82, 2.24) is 4.90 Å². The van der Waals surface area contributed by atoms with E-state index in [1.165, 1.54) is 6.07 Å². The molecule has 7 heteroatoms. The van der Waals surface area contributed by atoms with Crippen LogP contribution in [-0.4, -0.2) is 35.4 Å². The van der Waals surface area contributed by atoms with Crippen molar-refractivity contribution in [2.75, 3.05) is 30.3 Å². The lowest BCUT2D eigenvalue weighted by Gasteiger charge is -2.21. The molecule has 0 bridgehead atoms. The summed E-state index contributed by atoms with van der Waals surface area (Å²) in [5.74, 6) is 1.42. The van der Waals surface area contributed by atoms with E-state index in [2.05, 4.69) is 0 Å². The predicted octanol–water partition coefficient (Wildman–Crippen LogP) is 2.87. The Balaban J connectivity index is 2.26. The maximum Gasteiger partial charge on any atom is 0.418 e. The maximum atomic E-state index is 12.8. The van der Waals surface area contributed by atoms with Gasteiger partial charge in [0.05, 0.1) is 5.56 Å². The van der Waals surface area contributed by atoms with E-state index in [1.54, 1.807) is 16.7 Å². The van der Waals surface area contributed by atoms with Gasteiger partial charge in [-0.15, -0.1) is 0 Å². The molecule has 2 rings (SSSR count). The first-order valence-corrected chi connectivity index (χ1v) is 7.39. The zero-order valence-corrected chi connectivity index (χ0v) is 11.6. The van der Waals surface area contributed by atoms with Crippen LogP contribution >= 0.6 is 11.8 Å². The van der Waals surface area contributed by atoms with Crippen molar-refractivity contribution in [1.29, 1.82) is 0 Å². The van der Waals surface area contributed by atoms with Gasteiger partial charge in [-0.25, -0.2) is 0 Å². The van der Waals surface area contributed by atoms with E-state index in [1.807, 2.05) is 0 Å². The van der Waals surface area contributed by atoms with Crippen molar-refractivity contribution in [2.45, 2.75) is 12.6 Å². The van der Waals surface area contributed by atoms with E-state index in [-0.39, 0.29) is 17.2 Å². The lowest BCUT2D eigenvalue weighted by atomic mass is 10.1. The number of nitrogens with zero attached hydrogens (tertiary/aromatic N) is 1. The summed E-state index contributed by atoms with van der Waals surface area (Å²) < 4.78 is 38.4. The second kappa shape index (κ2) is 5.95. The minimum Gasteiger partial charge on any atom is -0.398 e. The van der Waals surface area contributed by atoms with Gasteiger partial charge in [-0.05, 0) is 30.4 Å². The normalized spacial score (nSPS) is 16.9. The molecule has 20 heavy (non-hydrogen) atoms. The molecule has 2 N–H and O–H groups in total. The second-order valence-corrected chi connectivity index (χ2v) is 5.78. The number of amides is 1. The monoisotopic (exact) mass is 304 g/mol. The molecule has 0 aliphatic carbocycles. The number of anilines is 1. The Morgan fingerprint density at radius 3 is 2.70 bits per heavy atom. The summed E-state index contributed by atoms with van der Waals surface area (Å²) in [5, 5.41) is 0. The topological polar surface area (TPSA) is 46.3 Å². The Labute approximate surface area is 119 Å². The van der Waals surface area contributed by atoms with Crippen molar-refractivity contribution in [3.63, 3.8) is 0 Å². The zero-order chi connectivity index (χ0) is 14.8. The molecule has 0 unspecified atom stereocenters. The van der Waals surface area contributed by atoms with Crippen LogP contribution in [0.5, 0.6) is 0 Å². The van der Waals surface area contributed by atoms with Gasteiger partial charge in [0.15, 0.2) is 0 Å². The van der Waals surface area contributed by atoms with Gasteiger partial charge in [-0.2, -0.15) is 24.9 Å². The molecule has 1 fully saturated rings. The summed E-state index contributed by atoms with van der Waals surface area (Å²) in [7, 11) is 0. The Morgan fingerprint density at radius 1 is 1.25 bits per heavy atom. The predicted molar refractivity (Wildman–Crippen MR) is 73.7 cm³/mol. The molecule has 3 nitrogen and oxygen atoms in total. The second-order valence-electron chi connectivity index (χ2n) is 4.56. The number of alkyl halides is 3. The quantitative estimate of drug-likeness (QED) is 0.812. The Hall–Kier alpha value is -1.37. The standard InChI is InChI=1S/C13H15F3N2OS/c14-13(15,16)10-8-9(2-3-11(10)17)12(19)18-4-1-6-20-7-5-18/h2-3,8H,1,4-7,17H2. The number of benzene rings is 1. The third-order valence-corrected chi connectivity index (χ3v) is 4.16. The molecule has 1 aromatic carbocycles. The van der Waals surface area contributed by atoms with Gasteiger partial charge in [0.2, 0.25) is 0 Å². The third kappa shape index (κ3) is 3.39. The average Bonchev–Trinajstić information content (AvgIpc) is 2.66. The van der Waals surface area contributed by atoms with Gasteiger partial charge in [0, 0.05) is 30.1 Å². The Kier molecular flexibility index (Phi) is 4.47. The Morgan fingerprint density at radius 2 is 2.00 bits per heavy atom. The molecule has 0 spiro atoms. The van der Waals surface area contributed by atoms with Crippen LogP contribution in [0, 0.1) is 0 Å². The fourth-order valence-electron chi connectivity index (χ4n) is 2.07. The number of thioether (sulfide) groups is 1. The van der Waals surface area contributed by atoms with Gasteiger partial charge < -0.3 is 10.6 Å². The number of hydrogen-bond donors (Lipinski definition) is 1. The van der Waals surface area contributed by atoms with E-state index in [9.17, 15) is 18.0 Å². The van der Waals surface area contributed by atoms with Crippen LogP contribution in [0.4, 0.5) is 18.9 Å². The van der Waals surface area contributed by atoms with Gasteiger partial charge in [-0.3, -0.25) is 4.79 Å². The molecule has 0 saturated carbocycles. The highest BCUT2D eigenvalue weighted by molar-refractivity contribution is 7.99. The van der Waals surface area contributed by atoms with E-state index in [0.717, 1.165) is 30.1 Å². The first-order valence-electron chi connectivity index (χ1n) is 6.23. The smallest absolute Gasteiger partial charge is 0.398 e. The van der Waals surface area contributed by atoms with Gasteiger partial charge in [-0.1, -0.05) is 0 Å². The lowest BCUT2D eigenvalue weighted by molar-refractivity contribution is -0.136. The lowest BCUT2D eigenvalue weighted by Crippen LogP contribution is -2.33. The summed E-state index contributed by atoms with van der Waals surface area (Å²) in [6.45, 7) is 1.15. The fourth-order valence-corrected chi connectivity index (χ4v) is 2.95. The molecular weight excluding hydrogens is 289 g/mol. The molecular formula is C13H15F3N2OS. The molecule has 0 radical (unpaired) electrons. The first kappa shape index (κ1) is 15.0. The third-order valence-electron chi connectivity index (χ3n) is 3.12. The number of hydrogen-bond acceptors (Lipinski definition) is 3. The number of carbonyl (C=O) groups is 1. The minimum absolute atomic E-state index is 0.0402. The molecule has 1 aliphatic rings. The minimum atomic E-state index is -4.55. The first-order chi connectivity index (χ1) is 9.39. The van der Waals surface area contributed by atoms with Crippen molar-refractivity contribution in [2.24, 2.45) is 0 Å². The summed E-state index contributed by atoms with van der Waals surface area (Å²) >= 11 is 1.75. The van der Waals surface area contributed by atoms with Crippen LogP contribution in [-0.2, 0) is 6.18 Å². The molecule has 1 aliphatic heterocycles. The van der Waals surface area contributed by atoms with Gasteiger partial charge in [0.1, 0.15) is 0 Å². The fraction of sp³-hybridized carbons (Fsp3) is 0.462. The van der Waals surface area contributed by atoms with Crippen molar-refractivity contribution >= 4 is 23.4 Å². The van der Waals surface area contributed by atoms with E-state index >= 15 is 0 Å². The van der Waals surface area contributed by atoms with Crippen LogP contribution in [0.1, 0.15) is 22.3 Å². The van der Waals surface area contributed by atoms with Crippen molar-refractivity contribution in [3.8, 4) is 0 Å². The zero-order valence-electron chi connectivity index (χ0n) is 10.7. The highest BCUT2D eigenvalue weighted by Crippen LogP contribution is 2.34.